The SMILES string of the molecule is CC/C=C\C/C=C\C/C=C\C/C=C\C/C=C\C/C=C\CC(=O)NCCN.CC/C=C\C/C=C\C/C=C\C/C=C\C/C=C\CCCC(=O)OC(=O)CN. The average molecular weight is 716 g/mol. The first-order valence-electron chi connectivity index (χ1n) is 19.1. The summed E-state index contributed by atoms with van der Waals surface area (Å²) in [5.74, 6) is -1.16. The van der Waals surface area contributed by atoms with Gasteiger partial charge in [-0.2, -0.15) is 0 Å². The van der Waals surface area contributed by atoms with E-state index in [-0.39, 0.29) is 18.9 Å². The summed E-state index contributed by atoms with van der Waals surface area (Å²) in [5, 5.41) is 2.73. The predicted molar refractivity (Wildman–Crippen MR) is 223 cm³/mol. The Morgan fingerprint density at radius 3 is 1.17 bits per heavy atom. The van der Waals surface area contributed by atoms with Gasteiger partial charge in [-0.05, 0) is 83.5 Å². The molecule has 0 aliphatic heterocycles. The number of hydrogen-bond donors (Lipinski definition) is 3. The Morgan fingerprint density at radius 2 is 0.827 bits per heavy atom. The van der Waals surface area contributed by atoms with Gasteiger partial charge in [0.25, 0.3) is 0 Å². The lowest BCUT2D eigenvalue weighted by Gasteiger charge is -1.99. The summed E-state index contributed by atoms with van der Waals surface area (Å²) in [4.78, 5) is 33.3. The monoisotopic (exact) mass is 716 g/mol. The van der Waals surface area contributed by atoms with Crippen LogP contribution in [0.25, 0.3) is 0 Å². The minimum Gasteiger partial charge on any atom is -0.392 e. The van der Waals surface area contributed by atoms with E-state index in [1.54, 1.807) is 0 Å². The van der Waals surface area contributed by atoms with Crippen LogP contribution in [0.2, 0.25) is 0 Å². The van der Waals surface area contributed by atoms with Gasteiger partial charge in [-0.1, -0.05) is 148 Å². The van der Waals surface area contributed by atoms with E-state index in [2.05, 4.69) is 139 Å². The molecule has 0 heterocycles. The van der Waals surface area contributed by atoms with E-state index >= 15 is 0 Å². The van der Waals surface area contributed by atoms with Crippen molar-refractivity contribution in [1.82, 2.24) is 5.32 Å². The lowest BCUT2D eigenvalue weighted by molar-refractivity contribution is -0.158. The first-order chi connectivity index (χ1) is 25.5. The van der Waals surface area contributed by atoms with Gasteiger partial charge in [0.1, 0.15) is 0 Å². The minimum atomic E-state index is -0.676. The van der Waals surface area contributed by atoms with Gasteiger partial charge in [0.2, 0.25) is 5.91 Å². The zero-order valence-corrected chi connectivity index (χ0v) is 32.2. The third-order valence-corrected chi connectivity index (χ3v) is 6.67. The Morgan fingerprint density at radius 1 is 0.481 bits per heavy atom. The highest BCUT2D eigenvalue weighted by atomic mass is 16.6. The van der Waals surface area contributed by atoms with Crippen molar-refractivity contribution in [3.63, 3.8) is 0 Å². The smallest absolute Gasteiger partial charge is 0.327 e. The summed E-state index contributed by atoms with van der Waals surface area (Å²) in [6.07, 6.45) is 60.2. The Kier molecular flexibility index (Phi) is 42.8. The number of carbonyl (C=O) groups excluding carboxylic acids is 3. The van der Waals surface area contributed by atoms with E-state index in [0.717, 1.165) is 77.0 Å². The van der Waals surface area contributed by atoms with Gasteiger partial charge >= 0.3 is 11.9 Å². The number of unbranched alkanes of at least 4 members (excludes halogenated alkanes) is 1. The molecule has 0 unspecified atom stereocenters. The van der Waals surface area contributed by atoms with Crippen LogP contribution >= 0.6 is 0 Å². The fourth-order valence-electron chi connectivity index (χ4n) is 3.95. The number of esters is 2. The molecule has 0 fully saturated rings. The lowest BCUT2D eigenvalue weighted by Crippen LogP contribution is -2.28. The van der Waals surface area contributed by atoms with Crippen LogP contribution in [0.1, 0.15) is 110 Å². The molecule has 0 aliphatic rings. The van der Waals surface area contributed by atoms with Gasteiger partial charge in [-0.25, -0.2) is 0 Å². The highest BCUT2D eigenvalue weighted by Gasteiger charge is 2.07. The molecule has 1 amide bonds. The molecule has 0 saturated heterocycles. The Labute approximate surface area is 316 Å². The fraction of sp³-hybridized carbons (Fsp3) is 0.444. The van der Waals surface area contributed by atoms with Crippen molar-refractivity contribution in [1.29, 1.82) is 0 Å². The molecule has 0 aromatic rings. The number of hydrogen-bond acceptors (Lipinski definition) is 6. The normalized spacial score (nSPS) is 12.6. The molecule has 5 N–H and O–H groups in total. The summed E-state index contributed by atoms with van der Waals surface area (Å²) in [6, 6.07) is 0. The highest BCUT2D eigenvalue weighted by Crippen LogP contribution is 2.01. The lowest BCUT2D eigenvalue weighted by atomic mass is 10.2. The second kappa shape index (κ2) is 44.7. The van der Waals surface area contributed by atoms with Crippen LogP contribution < -0.4 is 16.8 Å². The zero-order valence-electron chi connectivity index (χ0n) is 32.2. The summed E-state index contributed by atoms with van der Waals surface area (Å²) < 4.78 is 4.48. The number of allylic oxidation sites excluding steroid dienone is 21. The van der Waals surface area contributed by atoms with Crippen molar-refractivity contribution in [3.05, 3.63) is 134 Å². The van der Waals surface area contributed by atoms with Gasteiger partial charge in [-0.15, -0.1) is 0 Å². The van der Waals surface area contributed by atoms with E-state index in [4.69, 9.17) is 11.5 Å². The maximum absolute atomic E-state index is 11.3. The molecule has 288 valence electrons. The fourth-order valence-corrected chi connectivity index (χ4v) is 3.95. The molecule has 0 atom stereocenters. The molecule has 0 aliphatic carbocycles. The molecule has 7 nitrogen and oxygen atoms in total. The van der Waals surface area contributed by atoms with Crippen LogP contribution in [0.15, 0.2) is 134 Å². The highest BCUT2D eigenvalue weighted by molar-refractivity contribution is 5.86. The Bertz CT molecular complexity index is 1200. The van der Waals surface area contributed by atoms with E-state index < -0.39 is 11.9 Å². The third-order valence-electron chi connectivity index (χ3n) is 6.67. The number of nitrogens with two attached hydrogens (primary N) is 2. The van der Waals surface area contributed by atoms with Crippen molar-refractivity contribution in [2.45, 2.75) is 110 Å². The summed E-state index contributed by atoms with van der Waals surface area (Å²) >= 11 is 0. The topological polar surface area (TPSA) is 125 Å². The second-order valence-electron chi connectivity index (χ2n) is 11.4. The van der Waals surface area contributed by atoms with Gasteiger partial charge in [-0.3, -0.25) is 14.4 Å². The van der Waals surface area contributed by atoms with Crippen LogP contribution in [0.4, 0.5) is 0 Å². The van der Waals surface area contributed by atoms with E-state index in [1.165, 1.54) is 0 Å². The largest absolute Gasteiger partial charge is 0.392 e. The molecule has 7 heteroatoms. The van der Waals surface area contributed by atoms with E-state index in [0.29, 0.717) is 25.9 Å². The van der Waals surface area contributed by atoms with E-state index in [9.17, 15) is 14.4 Å². The third kappa shape index (κ3) is 45.7. The number of carbonyl (C=O) groups is 3. The van der Waals surface area contributed by atoms with Crippen molar-refractivity contribution in [2.24, 2.45) is 11.5 Å². The molecule has 0 aromatic carbocycles. The predicted octanol–water partition coefficient (Wildman–Crippen LogP) is 10.1. The van der Waals surface area contributed by atoms with Crippen molar-refractivity contribution in [3.8, 4) is 0 Å². The number of nitrogens with one attached hydrogen (secondary N) is 1. The number of rotatable bonds is 29. The molecular formula is C45H69N3O4. The Hall–Kier alpha value is -4.33. The zero-order chi connectivity index (χ0) is 38.4. The van der Waals surface area contributed by atoms with E-state index in [1.807, 2.05) is 18.2 Å². The van der Waals surface area contributed by atoms with Crippen LogP contribution in [-0.2, 0) is 19.1 Å². The van der Waals surface area contributed by atoms with Gasteiger partial charge in [0.15, 0.2) is 0 Å². The summed E-state index contributed by atoms with van der Waals surface area (Å²) in [6.45, 7) is 5.05. The van der Waals surface area contributed by atoms with Crippen LogP contribution in [-0.4, -0.2) is 37.5 Å². The summed E-state index contributed by atoms with van der Waals surface area (Å²) in [7, 11) is 0. The maximum Gasteiger partial charge on any atom is 0.327 e. The van der Waals surface area contributed by atoms with Gasteiger partial charge in [0, 0.05) is 25.9 Å². The minimum absolute atomic E-state index is 0.0236. The standard InChI is InChI=1S/C23H36N2O.C22H33NO3/c1-2-3-4-5-6-7-8-9-10-11-12-13-14-15-16-17-18-19-20-23(26)25-22-21-24;1-2-3-4-5-6-7-8-9-10-11-12-13-14-15-16-17-18-19-21(24)26-22(25)20-23/h3-4,6-7,9-10,12-13,15-16,18-19H,2,5,8,11,14,17,20-22,24H2,1H3,(H,25,26);3-4,6-7,9-10,12-13,15-16H,2,5,8,11,14,17-20,23H2,1H3/b4-3-,7-6-,10-9-,13-12-,16-15-,19-18-;4-3-,7-6-,10-9-,13-12-,16-15-. The molecule has 52 heavy (non-hydrogen) atoms. The maximum atomic E-state index is 11.3. The molecule has 0 saturated carbocycles. The van der Waals surface area contributed by atoms with Crippen LogP contribution in [0.3, 0.4) is 0 Å². The van der Waals surface area contributed by atoms with Crippen LogP contribution in [0, 0.1) is 0 Å². The van der Waals surface area contributed by atoms with Crippen LogP contribution in [0.5, 0.6) is 0 Å². The Balaban J connectivity index is 0. The molecule has 0 radical (unpaired) electrons. The second-order valence-corrected chi connectivity index (χ2v) is 11.4. The first kappa shape index (κ1) is 49.8. The number of ether oxygens (including phenoxy) is 1. The van der Waals surface area contributed by atoms with Crippen molar-refractivity contribution in [2.75, 3.05) is 19.6 Å². The molecule has 0 bridgehead atoms. The molecule has 0 spiro atoms. The average Bonchev–Trinajstić information content (AvgIpc) is 3.14. The van der Waals surface area contributed by atoms with Gasteiger partial charge < -0.3 is 21.5 Å². The van der Waals surface area contributed by atoms with Crippen molar-refractivity contribution >= 4 is 17.8 Å². The number of amides is 1. The molecule has 0 rings (SSSR count). The molecular weight excluding hydrogens is 647 g/mol. The molecule has 0 aromatic heterocycles. The summed E-state index contributed by atoms with van der Waals surface area (Å²) in [5.41, 5.74) is 10.4. The first-order valence-corrected chi connectivity index (χ1v) is 19.1. The van der Waals surface area contributed by atoms with Crippen molar-refractivity contribution < 1.29 is 19.1 Å². The quantitative estimate of drug-likeness (QED) is 0.0306. The van der Waals surface area contributed by atoms with Gasteiger partial charge in [0.05, 0.1) is 6.54 Å².